The van der Waals surface area contributed by atoms with Gasteiger partial charge in [0.25, 0.3) is 5.89 Å². The molecule has 6 nitrogen and oxygen atoms in total. The number of likely N-dealkylation sites (tertiary alicyclic amines) is 1. The van der Waals surface area contributed by atoms with Gasteiger partial charge in [0.15, 0.2) is 5.82 Å². The molecule has 6 heteroatoms. The van der Waals surface area contributed by atoms with Gasteiger partial charge in [0.2, 0.25) is 0 Å². The maximum atomic E-state index is 6.13. The third-order valence-corrected chi connectivity index (χ3v) is 3.35. The number of hydrogen-bond acceptors (Lipinski definition) is 6. The van der Waals surface area contributed by atoms with Crippen molar-refractivity contribution in [2.75, 3.05) is 19.6 Å². The zero-order chi connectivity index (χ0) is 13.1. The molecule has 2 aromatic heterocycles. The van der Waals surface area contributed by atoms with Crippen molar-refractivity contribution in [3.05, 3.63) is 30.4 Å². The Balaban J connectivity index is 1.70. The third-order valence-electron chi connectivity index (χ3n) is 3.35. The number of hydrogen-bond donors (Lipinski definition) is 1. The van der Waals surface area contributed by atoms with Crippen molar-refractivity contribution in [3.8, 4) is 11.5 Å². The van der Waals surface area contributed by atoms with E-state index in [4.69, 9.17) is 10.3 Å². The predicted molar refractivity (Wildman–Crippen MR) is 70.1 cm³/mol. The van der Waals surface area contributed by atoms with Gasteiger partial charge in [0.05, 0.1) is 6.04 Å². The van der Waals surface area contributed by atoms with Crippen molar-refractivity contribution in [3.63, 3.8) is 0 Å². The number of nitrogens with two attached hydrogens (primary N) is 1. The predicted octanol–water partition coefficient (Wildman–Crippen LogP) is 1.23. The maximum Gasteiger partial charge on any atom is 0.258 e. The minimum Gasteiger partial charge on any atom is -0.334 e. The Kier molecular flexibility index (Phi) is 3.52. The molecular formula is C13H17N5O. The molecule has 3 heterocycles. The molecule has 3 rings (SSSR count). The quantitative estimate of drug-likeness (QED) is 0.889. The normalized spacial score (nSPS) is 17.7. The van der Waals surface area contributed by atoms with Gasteiger partial charge >= 0.3 is 0 Å². The van der Waals surface area contributed by atoms with E-state index in [2.05, 4.69) is 20.0 Å². The van der Waals surface area contributed by atoms with E-state index in [1.165, 1.54) is 12.8 Å². The van der Waals surface area contributed by atoms with Crippen molar-refractivity contribution in [1.82, 2.24) is 20.0 Å². The van der Waals surface area contributed by atoms with Gasteiger partial charge in [0, 0.05) is 24.5 Å². The minimum atomic E-state index is -0.197. The van der Waals surface area contributed by atoms with Crippen molar-refractivity contribution >= 4 is 0 Å². The topological polar surface area (TPSA) is 81.1 Å². The fourth-order valence-electron chi connectivity index (χ4n) is 2.32. The van der Waals surface area contributed by atoms with Crippen LogP contribution in [0.1, 0.15) is 24.7 Å². The molecule has 1 aliphatic rings. The molecule has 2 aromatic rings. The lowest BCUT2D eigenvalue weighted by Gasteiger charge is -2.17. The van der Waals surface area contributed by atoms with Crippen LogP contribution in [-0.4, -0.2) is 39.7 Å². The van der Waals surface area contributed by atoms with E-state index >= 15 is 0 Å². The van der Waals surface area contributed by atoms with E-state index in [0.29, 0.717) is 11.7 Å². The summed E-state index contributed by atoms with van der Waals surface area (Å²) >= 11 is 0. The largest absolute Gasteiger partial charge is 0.334 e. The van der Waals surface area contributed by atoms with Gasteiger partial charge in [-0.1, -0.05) is 5.16 Å². The molecule has 0 spiro atoms. The molecule has 1 atom stereocenters. The van der Waals surface area contributed by atoms with Crippen LogP contribution in [0.4, 0.5) is 0 Å². The van der Waals surface area contributed by atoms with Crippen LogP contribution in [0, 0.1) is 0 Å². The first-order valence-electron chi connectivity index (χ1n) is 6.55. The molecule has 0 amide bonds. The maximum absolute atomic E-state index is 6.13. The zero-order valence-electron chi connectivity index (χ0n) is 10.7. The molecule has 19 heavy (non-hydrogen) atoms. The summed E-state index contributed by atoms with van der Waals surface area (Å²) in [5, 5.41) is 3.98. The molecule has 0 aliphatic carbocycles. The molecule has 1 aliphatic heterocycles. The van der Waals surface area contributed by atoms with Gasteiger partial charge in [-0.25, -0.2) is 0 Å². The van der Waals surface area contributed by atoms with Gasteiger partial charge in [-0.2, -0.15) is 4.98 Å². The summed E-state index contributed by atoms with van der Waals surface area (Å²) in [4.78, 5) is 10.7. The highest BCUT2D eigenvalue weighted by Crippen LogP contribution is 2.19. The summed E-state index contributed by atoms with van der Waals surface area (Å²) in [6.45, 7) is 3.01. The summed E-state index contributed by atoms with van der Waals surface area (Å²) in [5.74, 6) is 1.06. The lowest BCUT2D eigenvalue weighted by atomic mass is 10.2. The fraction of sp³-hybridized carbons (Fsp3) is 0.462. The van der Waals surface area contributed by atoms with E-state index in [-0.39, 0.29) is 6.04 Å². The highest BCUT2D eigenvalue weighted by Gasteiger charge is 2.20. The number of aromatic nitrogens is 3. The Morgan fingerprint density at radius 3 is 2.74 bits per heavy atom. The average Bonchev–Trinajstić information content (AvgIpc) is 3.10. The van der Waals surface area contributed by atoms with Crippen molar-refractivity contribution in [2.45, 2.75) is 18.9 Å². The molecule has 0 saturated carbocycles. The Bertz CT molecular complexity index is 521. The Labute approximate surface area is 111 Å². The first kappa shape index (κ1) is 12.3. The summed E-state index contributed by atoms with van der Waals surface area (Å²) in [5.41, 5.74) is 6.99. The first-order chi connectivity index (χ1) is 9.33. The lowest BCUT2D eigenvalue weighted by Crippen LogP contribution is -2.30. The summed E-state index contributed by atoms with van der Waals surface area (Å²) in [6, 6.07) is 3.48. The van der Waals surface area contributed by atoms with Gasteiger partial charge in [-0.05, 0) is 38.1 Å². The van der Waals surface area contributed by atoms with Crippen LogP contribution in [0.25, 0.3) is 11.5 Å². The number of nitrogens with zero attached hydrogens (tertiary/aromatic N) is 4. The molecular weight excluding hydrogens is 242 g/mol. The summed E-state index contributed by atoms with van der Waals surface area (Å²) in [6.07, 6.45) is 5.90. The van der Waals surface area contributed by atoms with Gasteiger partial charge in [-0.15, -0.1) is 0 Å². The fourth-order valence-corrected chi connectivity index (χ4v) is 2.32. The molecule has 0 radical (unpaired) electrons. The van der Waals surface area contributed by atoms with Crippen LogP contribution < -0.4 is 5.73 Å². The Hall–Kier alpha value is -1.79. The second kappa shape index (κ2) is 5.46. The van der Waals surface area contributed by atoms with E-state index in [9.17, 15) is 0 Å². The summed E-state index contributed by atoms with van der Waals surface area (Å²) < 4.78 is 5.25. The SMILES string of the molecule is NC(CN1CCCC1)c1noc(-c2ccncc2)n1. The molecule has 1 saturated heterocycles. The number of rotatable bonds is 4. The van der Waals surface area contributed by atoms with Crippen molar-refractivity contribution < 1.29 is 4.52 Å². The van der Waals surface area contributed by atoms with Crippen LogP contribution >= 0.6 is 0 Å². The second-order valence-corrected chi connectivity index (χ2v) is 4.81. The molecule has 0 bridgehead atoms. The van der Waals surface area contributed by atoms with E-state index < -0.39 is 0 Å². The van der Waals surface area contributed by atoms with Crippen molar-refractivity contribution in [1.29, 1.82) is 0 Å². The van der Waals surface area contributed by atoms with E-state index in [1.807, 2.05) is 12.1 Å². The van der Waals surface area contributed by atoms with Gasteiger partial charge < -0.3 is 15.2 Å². The highest BCUT2D eigenvalue weighted by atomic mass is 16.5. The first-order valence-corrected chi connectivity index (χ1v) is 6.55. The lowest BCUT2D eigenvalue weighted by molar-refractivity contribution is 0.306. The third kappa shape index (κ3) is 2.80. The Morgan fingerprint density at radius 1 is 1.26 bits per heavy atom. The van der Waals surface area contributed by atoms with Gasteiger partial charge in [-0.3, -0.25) is 4.98 Å². The molecule has 1 fully saturated rings. The van der Waals surface area contributed by atoms with Crippen LogP contribution in [-0.2, 0) is 0 Å². The van der Waals surface area contributed by atoms with Crippen LogP contribution in [0.15, 0.2) is 29.0 Å². The monoisotopic (exact) mass is 259 g/mol. The highest BCUT2D eigenvalue weighted by molar-refractivity contribution is 5.51. The average molecular weight is 259 g/mol. The standard InChI is InChI=1S/C13H17N5O/c14-11(9-18-7-1-2-8-18)12-16-13(19-17-12)10-3-5-15-6-4-10/h3-6,11H,1-2,7-9,14H2. The summed E-state index contributed by atoms with van der Waals surface area (Å²) in [7, 11) is 0. The zero-order valence-corrected chi connectivity index (χ0v) is 10.7. The minimum absolute atomic E-state index is 0.197. The molecule has 0 aromatic carbocycles. The van der Waals surface area contributed by atoms with Gasteiger partial charge in [0.1, 0.15) is 0 Å². The molecule has 100 valence electrons. The van der Waals surface area contributed by atoms with E-state index in [0.717, 1.165) is 25.2 Å². The number of pyridine rings is 1. The Morgan fingerprint density at radius 2 is 2.00 bits per heavy atom. The van der Waals surface area contributed by atoms with Crippen LogP contribution in [0.3, 0.4) is 0 Å². The van der Waals surface area contributed by atoms with E-state index in [1.54, 1.807) is 12.4 Å². The smallest absolute Gasteiger partial charge is 0.258 e. The molecule has 2 N–H and O–H groups in total. The second-order valence-electron chi connectivity index (χ2n) is 4.81. The molecule has 1 unspecified atom stereocenters. The van der Waals surface area contributed by atoms with Crippen molar-refractivity contribution in [2.24, 2.45) is 5.73 Å². The van der Waals surface area contributed by atoms with Crippen LogP contribution in [0.5, 0.6) is 0 Å². The van der Waals surface area contributed by atoms with Crippen LogP contribution in [0.2, 0.25) is 0 Å².